The van der Waals surface area contributed by atoms with E-state index in [2.05, 4.69) is 4.98 Å². The molecule has 0 bridgehead atoms. The molecule has 0 radical (unpaired) electrons. The van der Waals surface area contributed by atoms with E-state index < -0.39 is 9.84 Å². The van der Waals surface area contributed by atoms with Gasteiger partial charge in [-0.3, -0.25) is 0 Å². The first-order valence-electron chi connectivity index (χ1n) is 7.11. The van der Waals surface area contributed by atoms with Crippen LogP contribution in [0, 0.1) is 0 Å². The summed E-state index contributed by atoms with van der Waals surface area (Å²) in [6.07, 6.45) is 3.34. The second kappa shape index (κ2) is 5.31. The van der Waals surface area contributed by atoms with Crippen LogP contribution in [0.15, 0.2) is 24.4 Å². The number of hydrogen-bond acceptors (Lipinski definition) is 5. The lowest BCUT2D eigenvalue weighted by Crippen LogP contribution is -2.33. The van der Waals surface area contributed by atoms with Crippen LogP contribution in [-0.4, -0.2) is 48.9 Å². The average molecular weight is 308 g/mol. The molecule has 2 aromatic heterocycles. The number of fused-ring (bicyclic) bond motifs is 1. The van der Waals surface area contributed by atoms with Crippen molar-refractivity contribution in [1.82, 2.24) is 9.38 Å². The van der Waals surface area contributed by atoms with Crippen molar-refractivity contribution in [2.24, 2.45) is 5.73 Å². The molecule has 114 valence electrons. The molecule has 1 fully saturated rings. The molecule has 1 saturated heterocycles. The fourth-order valence-electron chi connectivity index (χ4n) is 2.94. The third kappa shape index (κ3) is 2.63. The van der Waals surface area contributed by atoms with Crippen molar-refractivity contribution in [2.45, 2.75) is 18.9 Å². The summed E-state index contributed by atoms with van der Waals surface area (Å²) in [5.74, 6) is 1.31. The summed E-state index contributed by atoms with van der Waals surface area (Å²) >= 11 is 0. The molecule has 1 unspecified atom stereocenters. The Morgan fingerprint density at radius 3 is 2.95 bits per heavy atom. The maximum atomic E-state index is 11.7. The van der Waals surface area contributed by atoms with Gasteiger partial charge in [-0.1, -0.05) is 6.07 Å². The predicted octanol–water partition coefficient (Wildman–Crippen LogP) is 0.459. The fourth-order valence-corrected chi connectivity index (χ4v) is 4.71. The third-order valence-electron chi connectivity index (χ3n) is 4.08. The molecule has 0 saturated carbocycles. The summed E-state index contributed by atoms with van der Waals surface area (Å²) in [4.78, 5) is 6.66. The summed E-state index contributed by atoms with van der Waals surface area (Å²) in [6.45, 7) is 0.534. The van der Waals surface area contributed by atoms with Gasteiger partial charge in [-0.05, 0) is 25.1 Å². The predicted molar refractivity (Wildman–Crippen MR) is 83.4 cm³/mol. The molecule has 3 heterocycles. The van der Waals surface area contributed by atoms with Crippen molar-refractivity contribution in [3.05, 3.63) is 30.1 Å². The van der Waals surface area contributed by atoms with Crippen LogP contribution >= 0.6 is 0 Å². The minimum Gasteiger partial charge on any atom is -0.354 e. The zero-order chi connectivity index (χ0) is 15.0. The number of aromatic nitrogens is 2. The number of imidazole rings is 1. The zero-order valence-electron chi connectivity index (χ0n) is 12.1. The smallest absolute Gasteiger partial charge is 0.152 e. The van der Waals surface area contributed by atoms with E-state index in [-0.39, 0.29) is 17.5 Å². The Hall–Kier alpha value is -1.60. The van der Waals surface area contributed by atoms with Crippen LogP contribution in [0.5, 0.6) is 0 Å². The van der Waals surface area contributed by atoms with Crippen molar-refractivity contribution in [1.29, 1.82) is 0 Å². The van der Waals surface area contributed by atoms with Gasteiger partial charge in [0.25, 0.3) is 0 Å². The topological polar surface area (TPSA) is 80.7 Å². The molecule has 0 aromatic carbocycles. The Balaban J connectivity index is 2.01. The van der Waals surface area contributed by atoms with E-state index in [1.165, 1.54) is 0 Å². The highest BCUT2D eigenvalue weighted by molar-refractivity contribution is 7.91. The number of nitrogens with two attached hydrogens (primary N) is 1. The van der Waals surface area contributed by atoms with Crippen LogP contribution < -0.4 is 10.6 Å². The van der Waals surface area contributed by atoms with E-state index >= 15 is 0 Å². The fraction of sp³-hybridized carbons (Fsp3) is 0.500. The highest BCUT2D eigenvalue weighted by Gasteiger charge is 2.32. The first-order valence-corrected chi connectivity index (χ1v) is 8.93. The van der Waals surface area contributed by atoms with Gasteiger partial charge in [0.05, 0.1) is 17.2 Å². The van der Waals surface area contributed by atoms with Gasteiger partial charge in [-0.15, -0.1) is 0 Å². The van der Waals surface area contributed by atoms with Gasteiger partial charge >= 0.3 is 0 Å². The lowest BCUT2D eigenvalue weighted by Gasteiger charge is -2.24. The van der Waals surface area contributed by atoms with E-state index in [4.69, 9.17) is 5.73 Å². The lowest BCUT2D eigenvalue weighted by atomic mass is 10.2. The number of sulfone groups is 1. The van der Waals surface area contributed by atoms with Gasteiger partial charge in [0, 0.05) is 25.7 Å². The SMILES string of the molecule is CN(c1nc2ccccn2c1CCN)C1CCS(=O)(=O)C1. The first-order chi connectivity index (χ1) is 10.0. The van der Waals surface area contributed by atoms with E-state index in [0.29, 0.717) is 19.4 Å². The van der Waals surface area contributed by atoms with Crippen molar-refractivity contribution < 1.29 is 8.42 Å². The molecule has 2 aromatic rings. The van der Waals surface area contributed by atoms with Crippen molar-refractivity contribution in [3.8, 4) is 0 Å². The maximum absolute atomic E-state index is 11.7. The largest absolute Gasteiger partial charge is 0.354 e. The van der Waals surface area contributed by atoms with Crippen LogP contribution in [0.1, 0.15) is 12.1 Å². The standard InChI is InChI=1S/C14H20N4O2S/c1-17(11-6-9-21(19,20)10-11)14-12(5-7-15)18-8-3-2-4-13(18)16-14/h2-4,8,11H,5-7,9-10,15H2,1H3. The number of nitrogens with zero attached hydrogens (tertiary/aromatic N) is 3. The van der Waals surface area contributed by atoms with Crippen molar-refractivity contribution in [2.75, 3.05) is 30.0 Å². The summed E-state index contributed by atoms with van der Waals surface area (Å²) < 4.78 is 25.4. The molecule has 0 aliphatic carbocycles. The van der Waals surface area contributed by atoms with Crippen LogP contribution in [-0.2, 0) is 16.3 Å². The number of rotatable bonds is 4. The minimum absolute atomic E-state index is 0.00330. The van der Waals surface area contributed by atoms with Crippen LogP contribution in [0.25, 0.3) is 5.65 Å². The molecule has 0 amide bonds. The molecule has 1 aliphatic heterocycles. The molecule has 21 heavy (non-hydrogen) atoms. The summed E-state index contributed by atoms with van der Waals surface area (Å²) in [5.41, 5.74) is 7.63. The molecular weight excluding hydrogens is 288 g/mol. The molecule has 6 nitrogen and oxygen atoms in total. The molecule has 3 rings (SSSR count). The highest BCUT2D eigenvalue weighted by atomic mass is 32.2. The molecule has 2 N–H and O–H groups in total. The van der Waals surface area contributed by atoms with E-state index in [0.717, 1.165) is 17.2 Å². The zero-order valence-corrected chi connectivity index (χ0v) is 12.9. The van der Waals surface area contributed by atoms with Gasteiger partial charge < -0.3 is 15.0 Å². The molecule has 7 heteroatoms. The summed E-state index contributed by atoms with van der Waals surface area (Å²) in [5, 5.41) is 0. The number of hydrogen-bond donors (Lipinski definition) is 1. The Kier molecular flexibility index (Phi) is 3.62. The Labute approximate surface area is 124 Å². The van der Waals surface area contributed by atoms with Crippen molar-refractivity contribution >= 4 is 21.3 Å². The summed E-state index contributed by atoms with van der Waals surface area (Å²) in [7, 11) is -0.981. The van der Waals surface area contributed by atoms with Crippen LogP contribution in [0.2, 0.25) is 0 Å². The Morgan fingerprint density at radius 1 is 1.48 bits per heavy atom. The van der Waals surface area contributed by atoms with Gasteiger partial charge in [-0.2, -0.15) is 0 Å². The molecule has 0 spiro atoms. The number of anilines is 1. The Bertz CT molecular complexity index is 753. The highest BCUT2D eigenvalue weighted by Crippen LogP contribution is 2.26. The average Bonchev–Trinajstić information content (AvgIpc) is 3.00. The van der Waals surface area contributed by atoms with E-state index in [9.17, 15) is 8.42 Å². The number of pyridine rings is 1. The van der Waals surface area contributed by atoms with Crippen molar-refractivity contribution in [3.63, 3.8) is 0 Å². The second-order valence-corrected chi connectivity index (χ2v) is 7.75. The van der Waals surface area contributed by atoms with Gasteiger partial charge in [0.2, 0.25) is 0 Å². The van der Waals surface area contributed by atoms with Gasteiger partial charge in [-0.25, -0.2) is 13.4 Å². The monoisotopic (exact) mass is 308 g/mol. The van der Waals surface area contributed by atoms with Gasteiger partial charge in [0.15, 0.2) is 15.7 Å². The maximum Gasteiger partial charge on any atom is 0.152 e. The summed E-state index contributed by atoms with van der Waals surface area (Å²) in [6, 6.07) is 5.84. The third-order valence-corrected chi connectivity index (χ3v) is 5.83. The Morgan fingerprint density at radius 2 is 2.29 bits per heavy atom. The van der Waals surface area contributed by atoms with E-state index in [1.807, 2.05) is 40.7 Å². The van der Waals surface area contributed by atoms with Crippen LogP contribution in [0.4, 0.5) is 5.82 Å². The van der Waals surface area contributed by atoms with E-state index in [1.54, 1.807) is 0 Å². The quantitative estimate of drug-likeness (QED) is 0.887. The lowest BCUT2D eigenvalue weighted by molar-refractivity contribution is 0.600. The minimum atomic E-state index is -2.90. The second-order valence-electron chi connectivity index (χ2n) is 5.52. The van der Waals surface area contributed by atoms with Gasteiger partial charge in [0.1, 0.15) is 5.65 Å². The normalized spacial score (nSPS) is 21.0. The van der Waals surface area contributed by atoms with Crippen LogP contribution in [0.3, 0.4) is 0 Å². The first kappa shape index (κ1) is 14.3. The molecular formula is C14H20N4O2S. The molecule has 1 aliphatic rings. The molecule has 1 atom stereocenters.